The van der Waals surface area contributed by atoms with Gasteiger partial charge in [0.25, 0.3) is 5.91 Å². The number of nitrogens with zero attached hydrogens (tertiary/aromatic N) is 1. The Labute approximate surface area is 167 Å². The first-order valence-electron chi connectivity index (χ1n) is 8.88. The van der Waals surface area contributed by atoms with Crippen molar-refractivity contribution in [3.63, 3.8) is 0 Å². The summed E-state index contributed by atoms with van der Waals surface area (Å²) in [5, 5.41) is 2.56. The number of halogens is 2. The highest BCUT2D eigenvalue weighted by Crippen LogP contribution is 2.21. The molecule has 29 heavy (non-hydrogen) atoms. The number of anilines is 1. The summed E-state index contributed by atoms with van der Waals surface area (Å²) in [7, 11) is -3.63. The number of carbonyl (C=O) groups excluding carboxylic acids is 1. The van der Waals surface area contributed by atoms with Gasteiger partial charge in [0.15, 0.2) is 17.7 Å². The Bertz CT molecular complexity index is 977. The fourth-order valence-corrected chi connectivity index (χ4v) is 4.11. The topological polar surface area (TPSA) is 84.9 Å². The van der Waals surface area contributed by atoms with Crippen LogP contribution < -0.4 is 10.1 Å². The lowest BCUT2D eigenvalue weighted by Gasteiger charge is -2.26. The highest BCUT2D eigenvalue weighted by Gasteiger charge is 2.26. The van der Waals surface area contributed by atoms with E-state index in [4.69, 9.17) is 9.47 Å². The minimum absolute atomic E-state index is 0.107. The zero-order chi connectivity index (χ0) is 21.0. The average molecular weight is 426 g/mol. The van der Waals surface area contributed by atoms with Gasteiger partial charge in [-0.15, -0.1) is 0 Å². The summed E-state index contributed by atoms with van der Waals surface area (Å²) in [6, 6.07) is 8.48. The van der Waals surface area contributed by atoms with Gasteiger partial charge in [0.2, 0.25) is 10.0 Å². The molecule has 1 N–H and O–H groups in total. The van der Waals surface area contributed by atoms with Crippen LogP contribution in [0.2, 0.25) is 0 Å². The van der Waals surface area contributed by atoms with Crippen LogP contribution in [0.25, 0.3) is 0 Å². The van der Waals surface area contributed by atoms with Crippen molar-refractivity contribution in [2.24, 2.45) is 0 Å². The highest BCUT2D eigenvalue weighted by molar-refractivity contribution is 7.89. The van der Waals surface area contributed by atoms with Crippen molar-refractivity contribution in [3.05, 3.63) is 54.1 Å². The molecule has 1 atom stereocenters. The van der Waals surface area contributed by atoms with E-state index in [1.165, 1.54) is 35.5 Å². The smallest absolute Gasteiger partial charge is 0.265 e. The largest absolute Gasteiger partial charge is 0.478 e. The number of hydrogen-bond donors (Lipinski definition) is 1. The fourth-order valence-electron chi connectivity index (χ4n) is 2.70. The van der Waals surface area contributed by atoms with E-state index in [2.05, 4.69) is 5.32 Å². The maximum absolute atomic E-state index is 13.6. The Morgan fingerprint density at radius 3 is 2.41 bits per heavy atom. The SMILES string of the molecule is CC(Oc1ccc(F)cc1F)C(=O)Nc1ccc(S(=O)(=O)N2CCOCC2)cc1. The molecule has 1 unspecified atom stereocenters. The number of sulfonamides is 1. The number of hydrogen-bond acceptors (Lipinski definition) is 5. The first-order valence-corrected chi connectivity index (χ1v) is 10.3. The van der Waals surface area contributed by atoms with Crippen molar-refractivity contribution in [2.45, 2.75) is 17.9 Å². The van der Waals surface area contributed by atoms with E-state index in [1.807, 2.05) is 0 Å². The van der Waals surface area contributed by atoms with Crippen LogP contribution in [0.5, 0.6) is 5.75 Å². The standard InChI is InChI=1S/C19H20F2N2O5S/c1-13(28-18-7-2-14(20)12-17(18)21)19(24)22-15-3-5-16(6-4-15)29(25,26)23-8-10-27-11-9-23/h2-7,12-13H,8-11H2,1H3,(H,22,24). The van der Waals surface area contributed by atoms with Gasteiger partial charge in [-0.05, 0) is 43.3 Å². The number of ether oxygens (including phenoxy) is 2. The number of benzene rings is 2. The molecule has 1 heterocycles. The predicted octanol–water partition coefficient (Wildman–Crippen LogP) is 2.39. The van der Waals surface area contributed by atoms with E-state index in [1.54, 1.807) is 0 Å². The third-order valence-electron chi connectivity index (χ3n) is 4.30. The molecule has 2 aromatic rings. The lowest BCUT2D eigenvalue weighted by atomic mass is 10.3. The van der Waals surface area contributed by atoms with Crippen molar-refractivity contribution in [1.82, 2.24) is 4.31 Å². The summed E-state index contributed by atoms with van der Waals surface area (Å²) >= 11 is 0. The lowest BCUT2D eigenvalue weighted by Crippen LogP contribution is -2.40. The predicted molar refractivity (Wildman–Crippen MR) is 101 cm³/mol. The van der Waals surface area contributed by atoms with Crippen LogP contribution in [-0.2, 0) is 19.6 Å². The third kappa shape index (κ3) is 5.08. The summed E-state index contributed by atoms with van der Waals surface area (Å²) < 4.78 is 63.5. The van der Waals surface area contributed by atoms with E-state index in [0.717, 1.165) is 12.1 Å². The molecular weight excluding hydrogens is 406 g/mol. The van der Waals surface area contributed by atoms with Crippen molar-refractivity contribution in [2.75, 3.05) is 31.6 Å². The maximum atomic E-state index is 13.6. The summed E-state index contributed by atoms with van der Waals surface area (Å²) in [5.74, 6) is -2.49. The van der Waals surface area contributed by atoms with Crippen LogP contribution in [-0.4, -0.2) is 51.0 Å². The van der Waals surface area contributed by atoms with Crippen LogP contribution in [0, 0.1) is 11.6 Å². The molecule has 0 saturated carbocycles. The first kappa shape index (κ1) is 21.2. The molecule has 0 spiro atoms. The molecule has 0 aliphatic carbocycles. The minimum atomic E-state index is -3.63. The molecule has 156 valence electrons. The van der Waals surface area contributed by atoms with Gasteiger partial charge in [0.05, 0.1) is 18.1 Å². The molecule has 0 aromatic heterocycles. The molecule has 7 nitrogen and oxygen atoms in total. The van der Waals surface area contributed by atoms with Crippen molar-refractivity contribution in [3.8, 4) is 5.75 Å². The van der Waals surface area contributed by atoms with Crippen LogP contribution in [0.4, 0.5) is 14.5 Å². The molecule has 1 fully saturated rings. The number of amides is 1. The van der Waals surface area contributed by atoms with Gasteiger partial charge in [-0.1, -0.05) is 0 Å². The first-order chi connectivity index (χ1) is 13.8. The van der Waals surface area contributed by atoms with E-state index in [-0.39, 0.29) is 23.7 Å². The average Bonchev–Trinajstić information content (AvgIpc) is 2.71. The zero-order valence-corrected chi connectivity index (χ0v) is 16.4. The maximum Gasteiger partial charge on any atom is 0.265 e. The zero-order valence-electron chi connectivity index (χ0n) is 15.6. The van der Waals surface area contributed by atoms with Gasteiger partial charge < -0.3 is 14.8 Å². The second kappa shape index (κ2) is 8.85. The van der Waals surface area contributed by atoms with Crippen molar-refractivity contribution in [1.29, 1.82) is 0 Å². The summed E-state index contributed by atoms with van der Waals surface area (Å²) in [5.41, 5.74) is 0.353. The van der Waals surface area contributed by atoms with E-state index in [9.17, 15) is 22.0 Å². The molecule has 1 saturated heterocycles. The van der Waals surface area contributed by atoms with Gasteiger partial charge in [-0.25, -0.2) is 17.2 Å². The molecule has 1 aliphatic rings. The van der Waals surface area contributed by atoms with Gasteiger partial charge in [-0.2, -0.15) is 4.31 Å². The van der Waals surface area contributed by atoms with E-state index in [0.29, 0.717) is 25.0 Å². The van der Waals surface area contributed by atoms with Gasteiger partial charge >= 0.3 is 0 Å². The Morgan fingerprint density at radius 1 is 1.14 bits per heavy atom. The van der Waals surface area contributed by atoms with Crippen LogP contribution >= 0.6 is 0 Å². The normalized spacial score (nSPS) is 16.2. The monoisotopic (exact) mass is 426 g/mol. The summed E-state index contributed by atoms with van der Waals surface area (Å²) in [4.78, 5) is 12.4. The molecule has 2 aromatic carbocycles. The molecule has 1 aliphatic heterocycles. The fraction of sp³-hybridized carbons (Fsp3) is 0.316. The number of carbonyl (C=O) groups is 1. The third-order valence-corrected chi connectivity index (χ3v) is 6.21. The Balaban J connectivity index is 1.63. The van der Waals surface area contributed by atoms with Crippen LogP contribution in [0.1, 0.15) is 6.92 Å². The Kier molecular flexibility index (Phi) is 6.46. The Hall–Kier alpha value is -2.56. The second-order valence-electron chi connectivity index (χ2n) is 6.36. The van der Waals surface area contributed by atoms with Crippen LogP contribution in [0.15, 0.2) is 47.4 Å². The molecule has 1 amide bonds. The Morgan fingerprint density at radius 2 is 1.79 bits per heavy atom. The molecule has 10 heteroatoms. The van der Waals surface area contributed by atoms with Gasteiger partial charge in [0.1, 0.15) is 5.82 Å². The number of rotatable bonds is 6. The van der Waals surface area contributed by atoms with Gasteiger partial charge in [0, 0.05) is 24.8 Å². The van der Waals surface area contributed by atoms with Crippen molar-refractivity contribution >= 4 is 21.6 Å². The molecule has 3 rings (SSSR count). The quantitative estimate of drug-likeness (QED) is 0.767. The molecule has 0 radical (unpaired) electrons. The highest BCUT2D eigenvalue weighted by atomic mass is 32.2. The number of morpholine rings is 1. The second-order valence-corrected chi connectivity index (χ2v) is 8.30. The van der Waals surface area contributed by atoms with E-state index < -0.39 is 33.7 Å². The summed E-state index contributed by atoms with van der Waals surface area (Å²) in [6.07, 6.45) is -1.06. The summed E-state index contributed by atoms with van der Waals surface area (Å²) in [6.45, 7) is 2.68. The number of nitrogens with one attached hydrogen (secondary N) is 1. The molecule has 0 bridgehead atoms. The molecular formula is C19H20F2N2O5S. The van der Waals surface area contributed by atoms with Crippen molar-refractivity contribution < 1.29 is 31.5 Å². The minimum Gasteiger partial charge on any atom is -0.478 e. The lowest BCUT2D eigenvalue weighted by molar-refractivity contribution is -0.122. The van der Waals surface area contributed by atoms with E-state index >= 15 is 0 Å². The van der Waals surface area contributed by atoms with Gasteiger partial charge in [-0.3, -0.25) is 4.79 Å². The van der Waals surface area contributed by atoms with Crippen LogP contribution in [0.3, 0.4) is 0 Å².